The number of piperidine rings is 1. The summed E-state index contributed by atoms with van der Waals surface area (Å²) in [6, 6.07) is 7.79. The summed E-state index contributed by atoms with van der Waals surface area (Å²) >= 11 is 0. The maximum atomic E-state index is 12.5. The van der Waals surface area contributed by atoms with Crippen LogP contribution in [0.3, 0.4) is 0 Å². The van der Waals surface area contributed by atoms with Gasteiger partial charge in [0.2, 0.25) is 0 Å². The number of rotatable bonds is 5. The van der Waals surface area contributed by atoms with Crippen molar-refractivity contribution in [3.8, 4) is 0 Å². The summed E-state index contributed by atoms with van der Waals surface area (Å²) in [5.74, 6) is 0. The molecule has 0 aromatic heterocycles. The van der Waals surface area contributed by atoms with Gasteiger partial charge in [0.25, 0.3) is 0 Å². The largest absolute Gasteiger partial charge is 0.313 e. The summed E-state index contributed by atoms with van der Waals surface area (Å²) in [7, 11) is -1.59. The molecule has 2 N–H and O–H groups in total. The van der Waals surface area contributed by atoms with Crippen molar-refractivity contribution in [2.24, 2.45) is 0 Å². The van der Waals surface area contributed by atoms with Crippen molar-refractivity contribution in [3.05, 3.63) is 29.8 Å². The third-order valence-electron chi connectivity index (χ3n) is 4.12. The van der Waals surface area contributed by atoms with Crippen LogP contribution in [0.15, 0.2) is 24.3 Å². The molecule has 1 saturated heterocycles. The minimum absolute atomic E-state index is 0.0654. The molecular formula is C15H25N3O2S. The first-order valence-corrected chi connectivity index (χ1v) is 8.95. The van der Waals surface area contributed by atoms with Crippen LogP contribution in [-0.2, 0) is 10.2 Å². The van der Waals surface area contributed by atoms with Crippen LogP contribution in [0.4, 0.5) is 5.69 Å². The lowest BCUT2D eigenvalue weighted by atomic mass is 10.1. The highest BCUT2D eigenvalue weighted by Crippen LogP contribution is 2.23. The summed E-state index contributed by atoms with van der Waals surface area (Å²) < 4.78 is 29.3. The Bertz CT molecular complexity index is 574. The van der Waals surface area contributed by atoms with Gasteiger partial charge in [0.15, 0.2) is 0 Å². The van der Waals surface area contributed by atoms with Crippen LogP contribution in [0.25, 0.3) is 0 Å². The second kappa shape index (κ2) is 6.77. The lowest BCUT2D eigenvalue weighted by Gasteiger charge is -2.32. The van der Waals surface area contributed by atoms with E-state index < -0.39 is 10.2 Å². The molecule has 0 bridgehead atoms. The molecule has 2 rings (SSSR count). The van der Waals surface area contributed by atoms with Gasteiger partial charge >= 0.3 is 10.2 Å². The molecule has 0 saturated carbocycles. The van der Waals surface area contributed by atoms with Gasteiger partial charge < -0.3 is 5.32 Å². The van der Waals surface area contributed by atoms with Crippen molar-refractivity contribution in [2.75, 3.05) is 18.3 Å². The van der Waals surface area contributed by atoms with Crippen LogP contribution in [0.5, 0.6) is 0 Å². The standard InChI is InChI=1S/C15H25N3O2S/c1-12-7-4-5-10-18(12)21(19,20)17-15-9-6-8-14(11-15)13(2)16-3/h6,8-9,11-13,16-17H,4-5,7,10H2,1-3H3. The highest BCUT2D eigenvalue weighted by Gasteiger charge is 2.29. The van der Waals surface area contributed by atoms with Gasteiger partial charge in [-0.15, -0.1) is 0 Å². The second-order valence-electron chi connectivity index (χ2n) is 5.70. The summed E-state index contributed by atoms with van der Waals surface area (Å²) in [6.45, 7) is 4.61. The normalized spacial score (nSPS) is 22.0. The lowest BCUT2D eigenvalue weighted by molar-refractivity contribution is 0.270. The van der Waals surface area contributed by atoms with E-state index in [1.807, 2.05) is 39.1 Å². The van der Waals surface area contributed by atoms with Crippen LogP contribution in [0.2, 0.25) is 0 Å². The molecule has 0 aliphatic carbocycles. The molecule has 1 aliphatic heterocycles. The SMILES string of the molecule is CNC(C)c1cccc(NS(=O)(=O)N2CCCCC2C)c1. The molecule has 1 fully saturated rings. The Morgan fingerprint density at radius 2 is 2.10 bits per heavy atom. The van der Waals surface area contributed by atoms with Crippen LogP contribution >= 0.6 is 0 Å². The molecule has 0 spiro atoms. The predicted molar refractivity (Wildman–Crippen MR) is 86.5 cm³/mol. The zero-order valence-corrected chi connectivity index (χ0v) is 13.8. The Morgan fingerprint density at radius 1 is 1.33 bits per heavy atom. The number of anilines is 1. The van der Waals surface area contributed by atoms with E-state index in [1.165, 1.54) is 0 Å². The zero-order chi connectivity index (χ0) is 15.5. The van der Waals surface area contributed by atoms with Crippen molar-refractivity contribution in [3.63, 3.8) is 0 Å². The van der Waals surface area contributed by atoms with E-state index >= 15 is 0 Å². The van der Waals surface area contributed by atoms with Crippen molar-refractivity contribution >= 4 is 15.9 Å². The summed E-state index contributed by atoms with van der Waals surface area (Å²) in [6.07, 6.45) is 2.96. The van der Waals surface area contributed by atoms with E-state index in [-0.39, 0.29) is 12.1 Å². The summed E-state index contributed by atoms with van der Waals surface area (Å²) in [5.41, 5.74) is 1.68. The maximum Gasteiger partial charge on any atom is 0.301 e. The average molecular weight is 311 g/mol. The molecule has 2 unspecified atom stereocenters. The van der Waals surface area contributed by atoms with Gasteiger partial charge in [0.1, 0.15) is 0 Å². The Morgan fingerprint density at radius 3 is 2.76 bits per heavy atom. The highest BCUT2D eigenvalue weighted by molar-refractivity contribution is 7.90. The van der Waals surface area contributed by atoms with E-state index in [9.17, 15) is 8.42 Å². The van der Waals surface area contributed by atoms with E-state index in [0.717, 1.165) is 24.8 Å². The van der Waals surface area contributed by atoms with E-state index in [4.69, 9.17) is 0 Å². The molecule has 1 aromatic carbocycles. The molecule has 1 aromatic rings. The molecule has 6 heteroatoms. The van der Waals surface area contributed by atoms with Crippen molar-refractivity contribution in [1.82, 2.24) is 9.62 Å². The number of hydrogen-bond donors (Lipinski definition) is 2. The average Bonchev–Trinajstić information content (AvgIpc) is 2.46. The second-order valence-corrected chi connectivity index (χ2v) is 7.32. The van der Waals surface area contributed by atoms with Gasteiger partial charge in [-0.2, -0.15) is 12.7 Å². The third-order valence-corrected chi connectivity index (χ3v) is 5.77. The Labute approximate surface area is 127 Å². The molecule has 1 heterocycles. The molecule has 2 atom stereocenters. The summed E-state index contributed by atoms with van der Waals surface area (Å²) in [4.78, 5) is 0. The van der Waals surface area contributed by atoms with Gasteiger partial charge in [0, 0.05) is 18.6 Å². The van der Waals surface area contributed by atoms with Gasteiger partial charge in [-0.1, -0.05) is 18.6 Å². The first kappa shape index (κ1) is 16.3. The fourth-order valence-electron chi connectivity index (χ4n) is 2.67. The van der Waals surface area contributed by atoms with Crippen LogP contribution in [0, 0.1) is 0 Å². The monoisotopic (exact) mass is 311 g/mol. The van der Waals surface area contributed by atoms with E-state index in [2.05, 4.69) is 10.0 Å². The Kier molecular flexibility index (Phi) is 5.24. The van der Waals surface area contributed by atoms with Gasteiger partial charge in [0.05, 0.1) is 5.69 Å². The smallest absolute Gasteiger partial charge is 0.301 e. The minimum atomic E-state index is -3.47. The molecule has 1 aliphatic rings. The zero-order valence-electron chi connectivity index (χ0n) is 13.0. The lowest BCUT2D eigenvalue weighted by Crippen LogP contribution is -2.44. The maximum absolute atomic E-state index is 12.5. The van der Waals surface area contributed by atoms with Gasteiger partial charge in [-0.3, -0.25) is 4.72 Å². The topological polar surface area (TPSA) is 61.4 Å². The third kappa shape index (κ3) is 3.96. The number of nitrogens with zero attached hydrogens (tertiary/aromatic N) is 1. The Hall–Kier alpha value is -1.11. The van der Waals surface area contributed by atoms with Crippen LogP contribution in [0.1, 0.15) is 44.7 Å². The van der Waals surface area contributed by atoms with Crippen LogP contribution < -0.4 is 10.0 Å². The number of benzene rings is 1. The fourth-order valence-corrected chi connectivity index (χ4v) is 4.17. The van der Waals surface area contributed by atoms with Crippen molar-refractivity contribution in [2.45, 2.75) is 45.2 Å². The molecule has 0 radical (unpaired) electrons. The highest BCUT2D eigenvalue weighted by atomic mass is 32.2. The van der Waals surface area contributed by atoms with E-state index in [0.29, 0.717) is 12.2 Å². The first-order chi connectivity index (χ1) is 9.94. The predicted octanol–water partition coefficient (Wildman–Crippen LogP) is 2.50. The summed E-state index contributed by atoms with van der Waals surface area (Å²) in [5, 5.41) is 3.15. The quantitative estimate of drug-likeness (QED) is 0.878. The van der Waals surface area contributed by atoms with Crippen LogP contribution in [-0.4, -0.2) is 32.4 Å². The number of nitrogens with one attached hydrogen (secondary N) is 2. The van der Waals surface area contributed by atoms with E-state index in [1.54, 1.807) is 10.4 Å². The number of hydrogen-bond acceptors (Lipinski definition) is 3. The molecule has 5 nitrogen and oxygen atoms in total. The molecule has 118 valence electrons. The van der Waals surface area contributed by atoms with Gasteiger partial charge in [-0.25, -0.2) is 0 Å². The fraction of sp³-hybridized carbons (Fsp3) is 0.600. The van der Waals surface area contributed by atoms with Crippen molar-refractivity contribution < 1.29 is 8.42 Å². The van der Waals surface area contributed by atoms with Gasteiger partial charge in [-0.05, 0) is 51.4 Å². The minimum Gasteiger partial charge on any atom is -0.313 e. The molecular weight excluding hydrogens is 286 g/mol. The Balaban J connectivity index is 2.16. The molecule has 0 amide bonds. The van der Waals surface area contributed by atoms with Crippen molar-refractivity contribution in [1.29, 1.82) is 0 Å². The first-order valence-electron chi connectivity index (χ1n) is 7.51. The molecule has 21 heavy (non-hydrogen) atoms.